The largest absolute Gasteiger partial charge is 0.423 e. The van der Waals surface area contributed by atoms with Gasteiger partial charge in [-0.2, -0.15) is 10.2 Å². The number of hydrogen-bond acceptors (Lipinski definition) is 5. The number of ether oxygens (including phenoxy) is 1. The molecule has 0 saturated carbocycles. The smallest absolute Gasteiger partial charge is 0.343 e. The second-order valence-electron chi connectivity index (χ2n) is 9.90. The zero-order chi connectivity index (χ0) is 24.2. The summed E-state index contributed by atoms with van der Waals surface area (Å²) < 4.78 is 5.45. The normalized spacial score (nSPS) is 12.1. The van der Waals surface area contributed by atoms with Gasteiger partial charge in [0.25, 0.3) is 5.91 Å². The predicted molar refractivity (Wildman–Crippen MR) is 129 cm³/mol. The zero-order valence-electron chi connectivity index (χ0n) is 19.9. The number of nitrogens with zero attached hydrogens (tertiary/aromatic N) is 2. The van der Waals surface area contributed by atoms with Gasteiger partial charge in [0.15, 0.2) is 5.69 Å². The van der Waals surface area contributed by atoms with Crippen LogP contribution in [0.5, 0.6) is 5.75 Å². The van der Waals surface area contributed by atoms with Gasteiger partial charge in [-0.1, -0.05) is 53.7 Å². The average molecular weight is 447 g/mol. The van der Waals surface area contributed by atoms with E-state index in [1.807, 2.05) is 32.9 Å². The number of hydrazone groups is 1. The molecular formula is C26H30N4O3. The van der Waals surface area contributed by atoms with E-state index in [4.69, 9.17) is 4.74 Å². The summed E-state index contributed by atoms with van der Waals surface area (Å²) in [7, 11) is 0. The number of aromatic nitrogens is 2. The fraction of sp³-hybridized carbons (Fsp3) is 0.308. The van der Waals surface area contributed by atoms with Crippen LogP contribution < -0.4 is 10.2 Å². The second kappa shape index (κ2) is 9.40. The fourth-order valence-electron chi connectivity index (χ4n) is 2.94. The van der Waals surface area contributed by atoms with E-state index >= 15 is 0 Å². The molecule has 3 rings (SSSR count). The molecule has 0 radical (unpaired) electrons. The van der Waals surface area contributed by atoms with Crippen LogP contribution in [0.1, 0.15) is 79.2 Å². The van der Waals surface area contributed by atoms with Crippen molar-refractivity contribution >= 4 is 18.1 Å². The van der Waals surface area contributed by atoms with Crippen LogP contribution in [0.4, 0.5) is 0 Å². The maximum Gasteiger partial charge on any atom is 0.343 e. The summed E-state index contributed by atoms with van der Waals surface area (Å²) in [6.45, 7) is 12.5. The Kier molecular flexibility index (Phi) is 6.81. The number of aromatic amines is 1. The molecule has 0 saturated heterocycles. The molecule has 0 aliphatic carbocycles. The Morgan fingerprint density at radius 2 is 1.58 bits per heavy atom. The number of H-pyrrole nitrogens is 1. The molecule has 0 aliphatic heterocycles. The van der Waals surface area contributed by atoms with Crippen LogP contribution in [0.3, 0.4) is 0 Å². The highest BCUT2D eigenvalue weighted by Crippen LogP contribution is 2.23. The van der Waals surface area contributed by atoms with E-state index in [0.29, 0.717) is 11.3 Å². The highest BCUT2D eigenvalue weighted by atomic mass is 16.5. The Balaban J connectivity index is 1.55. The minimum Gasteiger partial charge on any atom is -0.423 e. The summed E-state index contributed by atoms with van der Waals surface area (Å²) in [5.74, 6) is -0.397. The van der Waals surface area contributed by atoms with Crippen molar-refractivity contribution in [1.29, 1.82) is 0 Å². The van der Waals surface area contributed by atoms with Gasteiger partial charge in [-0.3, -0.25) is 9.89 Å². The molecule has 0 aliphatic rings. The number of carbonyl (C=O) groups is 2. The maximum absolute atomic E-state index is 12.4. The standard InChI is InChI=1S/C26H30N4O3/c1-25(2,3)19-11-9-18(10-12-19)24(32)33-20-13-7-17(8-14-20)16-27-30-23(31)21-15-22(29-28-21)26(4,5)6/h7-16H,1-6H3,(H,28,29)(H,30,31)/b27-16+. The molecule has 7 nitrogen and oxygen atoms in total. The molecule has 0 spiro atoms. The van der Waals surface area contributed by atoms with Gasteiger partial charge in [0.2, 0.25) is 0 Å². The van der Waals surface area contributed by atoms with Crippen LogP contribution in [-0.2, 0) is 10.8 Å². The monoisotopic (exact) mass is 446 g/mol. The SMILES string of the molecule is CC(C)(C)c1ccc(C(=O)Oc2ccc(/C=N/NC(=O)c3cc(C(C)(C)C)[nH]n3)cc2)cc1. The molecule has 33 heavy (non-hydrogen) atoms. The van der Waals surface area contributed by atoms with Gasteiger partial charge in [0.05, 0.1) is 11.8 Å². The molecule has 1 amide bonds. The predicted octanol–water partition coefficient (Wildman–Crippen LogP) is 4.99. The van der Waals surface area contributed by atoms with Crippen molar-refractivity contribution in [3.8, 4) is 5.75 Å². The number of carbonyl (C=O) groups excluding carboxylic acids is 2. The Morgan fingerprint density at radius 1 is 0.939 bits per heavy atom. The summed E-state index contributed by atoms with van der Waals surface area (Å²) >= 11 is 0. The van der Waals surface area contributed by atoms with Gasteiger partial charge in [0, 0.05) is 11.1 Å². The molecule has 172 valence electrons. The van der Waals surface area contributed by atoms with E-state index < -0.39 is 11.9 Å². The van der Waals surface area contributed by atoms with Crippen LogP contribution in [-0.4, -0.2) is 28.3 Å². The first-order valence-electron chi connectivity index (χ1n) is 10.8. The van der Waals surface area contributed by atoms with Crippen molar-refractivity contribution in [1.82, 2.24) is 15.6 Å². The third-order valence-electron chi connectivity index (χ3n) is 5.08. The Hall–Kier alpha value is -3.74. The maximum atomic E-state index is 12.4. The van der Waals surface area contributed by atoms with Gasteiger partial charge in [-0.05, 0) is 59.0 Å². The van der Waals surface area contributed by atoms with E-state index in [0.717, 1.165) is 16.8 Å². The van der Waals surface area contributed by atoms with E-state index in [2.05, 4.69) is 41.5 Å². The summed E-state index contributed by atoms with van der Waals surface area (Å²) in [4.78, 5) is 24.6. The van der Waals surface area contributed by atoms with Crippen LogP contribution in [0.2, 0.25) is 0 Å². The molecule has 3 aromatic rings. The fourth-order valence-corrected chi connectivity index (χ4v) is 2.94. The molecule has 0 unspecified atom stereocenters. The number of benzene rings is 2. The van der Waals surface area contributed by atoms with Crippen molar-refractivity contribution in [2.75, 3.05) is 0 Å². The minimum atomic E-state index is -0.419. The van der Waals surface area contributed by atoms with E-state index in [1.54, 1.807) is 42.5 Å². The summed E-state index contributed by atoms with van der Waals surface area (Å²) in [5.41, 5.74) is 5.87. The molecule has 1 heterocycles. The first-order valence-corrected chi connectivity index (χ1v) is 10.8. The number of amides is 1. The molecule has 1 aromatic heterocycles. The van der Waals surface area contributed by atoms with Gasteiger partial charge in [-0.15, -0.1) is 0 Å². The average Bonchev–Trinajstić information content (AvgIpc) is 3.25. The lowest BCUT2D eigenvalue weighted by Gasteiger charge is -2.18. The number of esters is 1. The number of rotatable bonds is 5. The minimum absolute atomic E-state index is 0.0206. The second-order valence-corrected chi connectivity index (χ2v) is 9.90. The molecule has 2 N–H and O–H groups in total. The van der Waals surface area contributed by atoms with Gasteiger partial charge < -0.3 is 4.74 Å². The van der Waals surface area contributed by atoms with E-state index in [9.17, 15) is 9.59 Å². The third kappa shape index (κ3) is 6.38. The Bertz CT molecular complexity index is 1150. The summed E-state index contributed by atoms with van der Waals surface area (Å²) in [6, 6.07) is 16.0. The lowest BCUT2D eigenvalue weighted by molar-refractivity contribution is 0.0734. The highest BCUT2D eigenvalue weighted by molar-refractivity contribution is 5.93. The molecule has 2 aromatic carbocycles. The quantitative estimate of drug-likeness (QED) is 0.250. The zero-order valence-corrected chi connectivity index (χ0v) is 19.9. The molecular weight excluding hydrogens is 416 g/mol. The topological polar surface area (TPSA) is 96.4 Å². The van der Waals surface area contributed by atoms with Crippen molar-refractivity contribution in [2.45, 2.75) is 52.4 Å². The van der Waals surface area contributed by atoms with Crippen molar-refractivity contribution in [2.24, 2.45) is 5.10 Å². The molecule has 7 heteroatoms. The number of hydrogen-bond donors (Lipinski definition) is 2. The van der Waals surface area contributed by atoms with Crippen LogP contribution >= 0.6 is 0 Å². The van der Waals surface area contributed by atoms with Crippen molar-refractivity contribution < 1.29 is 14.3 Å². The summed E-state index contributed by atoms with van der Waals surface area (Å²) in [5, 5.41) is 10.9. The van der Waals surface area contributed by atoms with E-state index in [-0.39, 0.29) is 16.5 Å². The van der Waals surface area contributed by atoms with Gasteiger partial charge in [0.1, 0.15) is 5.75 Å². The van der Waals surface area contributed by atoms with Gasteiger partial charge in [-0.25, -0.2) is 10.2 Å². The van der Waals surface area contributed by atoms with Crippen LogP contribution in [0, 0.1) is 0 Å². The van der Waals surface area contributed by atoms with E-state index in [1.165, 1.54) is 6.21 Å². The number of nitrogens with one attached hydrogen (secondary N) is 2. The van der Waals surface area contributed by atoms with Gasteiger partial charge >= 0.3 is 5.97 Å². The van der Waals surface area contributed by atoms with Crippen LogP contribution in [0.15, 0.2) is 59.7 Å². The summed E-state index contributed by atoms with van der Waals surface area (Å²) in [6.07, 6.45) is 1.51. The molecule has 0 fully saturated rings. The first kappa shape index (κ1) is 23.9. The molecule has 0 bridgehead atoms. The van der Waals surface area contributed by atoms with Crippen molar-refractivity contribution in [3.63, 3.8) is 0 Å². The third-order valence-corrected chi connectivity index (χ3v) is 5.08. The van der Waals surface area contributed by atoms with Crippen molar-refractivity contribution in [3.05, 3.63) is 82.7 Å². The molecule has 0 atom stereocenters. The Labute approximate surface area is 194 Å². The lowest BCUT2D eigenvalue weighted by atomic mass is 9.87. The van der Waals surface area contributed by atoms with Crippen LogP contribution in [0.25, 0.3) is 0 Å². The Morgan fingerprint density at radius 3 is 2.12 bits per heavy atom. The highest BCUT2D eigenvalue weighted by Gasteiger charge is 2.19. The lowest BCUT2D eigenvalue weighted by Crippen LogP contribution is -2.18. The first-order chi connectivity index (χ1) is 15.4.